The van der Waals surface area contributed by atoms with Crippen LogP contribution >= 0.6 is 34.2 Å². The number of anilines is 2. The highest BCUT2D eigenvalue weighted by atomic mass is 127. The van der Waals surface area contributed by atoms with E-state index >= 15 is 0 Å². The van der Waals surface area contributed by atoms with Crippen molar-refractivity contribution in [3.8, 4) is 0 Å². The molecular formula is C29H31ClIN7O. The molecule has 0 spiro atoms. The van der Waals surface area contributed by atoms with Crippen molar-refractivity contribution < 1.29 is 4.79 Å². The van der Waals surface area contributed by atoms with E-state index in [4.69, 9.17) is 17.3 Å². The summed E-state index contributed by atoms with van der Waals surface area (Å²) in [6.45, 7) is 6.62. The van der Waals surface area contributed by atoms with Crippen LogP contribution in [0.15, 0.2) is 66.7 Å². The highest BCUT2D eigenvalue weighted by Gasteiger charge is 2.19. The average Bonchev–Trinajstić information content (AvgIpc) is 2.95. The number of hydrogen-bond donors (Lipinski definition) is 3. The number of hydrogen-bond acceptors (Lipinski definition) is 7. The molecule has 202 valence electrons. The molecule has 39 heavy (non-hydrogen) atoms. The summed E-state index contributed by atoms with van der Waals surface area (Å²) in [5.74, 6) is 0.0242. The highest BCUT2D eigenvalue weighted by Crippen LogP contribution is 2.22. The average molecular weight is 656 g/mol. The molecular weight excluding hydrogens is 625 g/mol. The van der Waals surface area contributed by atoms with Crippen LogP contribution in [0.1, 0.15) is 21.6 Å². The molecule has 0 unspecified atom stereocenters. The molecule has 1 saturated heterocycles. The normalized spacial score (nSPS) is 14.4. The summed E-state index contributed by atoms with van der Waals surface area (Å²) in [7, 11) is 0. The van der Waals surface area contributed by atoms with Gasteiger partial charge in [-0.25, -0.2) is 9.97 Å². The standard InChI is InChI=1S/C29H31ClIN7O/c30-26-28(34-18-20-6-9-24(31)10-7-20)36-27(32)25(35-26)29(39)33-11-12-37-13-15-38(16-14-37)19-21-5-8-22-3-1-2-4-23(22)17-21/h1-10,17H,11-16,18-19H2,(H,33,39)(H3,32,34,36). The fourth-order valence-corrected chi connectivity index (χ4v) is 5.23. The predicted octanol–water partition coefficient (Wildman–Crippen LogP) is 4.63. The minimum absolute atomic E-state index is 0.0417. The molecule has 1 aliphatic heterocycles. The Morgan fingerprint density at radius 2 is 1.62 bits per heavy atom. The zero-order valence-electron chi connectivity index (χ0n) is 21.5. The Labute approximate surface area is 247 Å². The van der Waals surface area contributed by atoms with Crippen molar-refractivity contribution in [2.24, 2.45) is 0 Å². The van der Waals surface area contributed by atoms with Gasteiger partial charge in [-0.05, 0) is 62.7 Å². The number of nitrogen functional groups attached to an aromatic ring is 1. The molecule has 10 heteroatoms. The molecule has 4 aromatic rings. The Hall–Kier alpha value is -2.99. The summed E-state index contributed by atoms with van der Waals surface area (Å²) < 4.78 is 1.16. The van der Waals surface area contributed by atoms with Crippen LogP contribution in [-0.4, -0.2) is 64.9 Å². The Bertz CT molecular complexity index is 1440. The summed E-state index contributed by atoms with van der Waals surface area (Å²) in [5.41, 5.74) is 8.50. The zero-order valence-corrected chi connectivity index (χ0v) is 24.5. The minimum atomic E-state index is -0.374. The Morgan fingerprint density at radius 3 is 2.38 bits per heavy atom. The van der Waals surface area contributed by atoms with Crippen molar-refractivity contribution in [2.45, 2.75) is 13.1 Å². The molecule has 4 N–H and O–H groups in total. The smallest absolute Gasteiger partial charge is 0.273 e. The van der Waals surface area contributed by atoms with Crippen molar-refractivity contribution in [3.05, 3.63) is 92.3 Å². The van der Waals surface area contributed by atoms with E-state index < -0.39 is 0 Å². The molecule has 5 rings (SSSR count). The first kappa shape index (κ1) is 27.6. The molecule has 1 aliphatic rings. The quantitative estimate of drug-likeness (QED) is 0.226. The largest absolute Gasteiger partial charge is 0.382 e. The van der Waals surface area contributed by atoms with Gasteiger partial charge in [0.25, 0.3) is 5.91 Å². The Kier molecular flexibility index (Phi) is 9.13. The van der Waals surface area contributed by atoms with Gasteiger partial charge in [0.05, 0.1) is 0 Å². The number of fused-ring (bicyclic) bond motifs is 1. The fraction of sp³-hybridized carbons (Fsp3) is 0.276. The number of nitrogens with two attached hydrogens (primary N) is 1. The molecule has 1 fully saturated rings. The summed E-state index contributed by atoms with van der Waals surface area (Å²) >= 11 is 8.57. The van der Waals surface area contributed by atoms with Crippen LogP contribution in [0.3, 0.4) is 0 Å². The number of benzene rings is 3. The lowest BCUT2D eigenvalue weighted by Crippen LogP contribution is -2.48. The molecule has 0 radical (unpaired) electrons. The van der Waals surface area contributed by atoms with Gasteiger partial charge in [-0.1, -0.05) is 60.1 Å². The van der Waals surface area contributed by atoms with Crippen molar-refractivity contribution in [1.29, 1.82) is 0 Å². The lowest BCUT2D eigenvalue weighted by atomic mass is 10.1. The van der Waals surface area contributed by atoms with E-state index in [0.717, 1.165) is 48.4 Å². The van der Waals surface area contributed by atoms with Gasteiger partial charge in [0, 0.05) is 55.9 Å². The summed E-state index contributed by atoms with van der Waals surface area (Å²) in [6, 6.07) is 23.3. The molecule has 1 amide bonds. The molecule has 3 aromatic carbocycles. The summed E-state index contributed by atoms with van der Waals surface area (Å²) in [5, 5.41) is 8.71. The van der Waals surface area contributed by atoms with Crippen LogP contribution in [0.4, 0.5) is 11.6 Å². The Balaban J connectivity index is 1.06. The molecule has 0 aliphatic carbocycles. The number of nitrogens with one attached hydrogen (secondary N) is 2. The molecule has 8 nitrogen and oxygen atoms in total. The van der Waals surface area contributed by atoms with Crippen molar-refractivity contribution >= 4 is 62.5 Å². The predicted molar refractivity (Wildman–Crippen MR) is 166 cm³/mol. The molecule has 2 heterocycles. The number of halogens is 2. The van der Waals surface area contributed by atoms with E-state index in [2.05, 4.69) is 95.5 Å². The Morgan fingerprint density at radius 1 is 0.923 bits per heavy atom. The monoisotopic (exact) mass is 655 g/mol. The van der Waals surface area contributed by atoms with E-state index in [1.165, 1.54) is 16.3 Å². The van der Waals surface area contributed by atoms with Gasteiger partial charge in [-0.3, -0.25) is 14.6 Å². The molecule has 0 saturated carbocycles. The highest BCUT2D eigenvalue weighted by molar-refractivity contribution is 14.1. The first-order chi connectivity index (χ1) is 18.9. The third-order valence-corrected chi connectivity index (χ3v) is 7.85. The van der Waals surface area contributed by atoms with Gasteiger partial charge in [-0.15, -0.1) is 0 Å². The third-order valence-electron chi connectivity index (χ3n) is 6.87. The van der Waals surface area contributed by atoms with E-state index in [0.29, 0.717) is 18.9 Å². The van der Waals surface area contributed by atoms with Crippen molar-refractivity contribution in [3.63, 3.8) is 0 Å². The van der Waals surface area contributed by atoms with Crippen LogP contribution in [0.5, 0.6) is 0 Å². The number of carbonyl (C=O) groups excluding carboxylic acids is 1. The first-order valence-electron chi connectivity index (χ1n) is 13.0. The molecule has 1 aromatic heterocycles. The zero-order chi connectivity index (χ0) is 27.2. The maximum Gasteiger partial charge on any atom is 0.273 e. The van der Waals surface area contributed by atoms with E-state index in [1.807, 2.05) is 24.3 Å². The number of piperazine rings is 1. The van der Waals surface area contributed by atoms with Crippen LogP contribution in [-0.2, 0) is 13.1 Å². The topological polar surface area (TPSA) is 99.4 Å². The molecule has 0 atom stereocenters. The first-order valence-corrected chi connectivity index (χ1v) is 14.4. The second-order valence-corrected chi connectivity index (χ2v) is 11.2. The van der Waals surface area contributed by atoms with Gasteiger partial charge < -0.3 is 16.4 Å². The van der Waals surface area contributed by atoms with E-state index in [1.54, 1.807) is 0 Å². The van der Waals surface area contributed by atoms with E-state index in [9.17, 15) is 4.79 Å². The number of rotatable bonds is 9. The number of carbonyl (C=O) groups is 1. The second kappa shape index (κ2) is 12.9. The van der Waals surface area contributed by atoms with Crippen LogP contribution in [0.25, 0.3) is 10.8 Å². The lowest BCUT2D eigenvalue weighted by molar-refractivity contribution is 0.0930. The number of aromatic nitrogens is 2. The maximum absolute atomic E-state index is 12.7. The SMILES string of the molecule is Nc1nc(NCc2ccc(I)cc2)c(Cl)nc1C(=O)NCCN1CCN(Cc2ccc3ccccc3c2)CC1. The second-order valence-electron chi connectivity index (χ2n) is 9.63. The van der Waals surface area contributed by atoms with Gasteiger partial charge in [0.15, 0.2) is 22.5 Å². The lowest BCUT2D eigenvalue weighted by Gasteiger charge is -2.34. The third kappa shape index (κ3) is 7.36. The van der Waals surface area contributed by atoms with Crippen LogP contribution < -0.4 is 16.4 Å². The summed E-state index contributed by atoms with van der Waals surface area (Å²) in [6.07, 6.45) is 0. The van der Waals surface area contributed by atoms with E-state index in [-0.39, 0.29) is 22.6 Å². The van der Waals surface area contributed by atoms with Gasteiger partial charge in [0.2, 0.25) is 0 Å². The minimum Gasteiger partial charge on any atom is -0.382 e. The molecule has 0 bridgehead atoms. The van der Waals surface area contributed by atoms with Gasteiger partial charge in [0.1, 0.15) is 0 Å². The van der Waals surface area contributed by atoms with Gasteiger partial charge in [-0.2, -0.15) is 0 Å². The number of nitrogens with zero attached hydrogens (tertiary/aromatic N) is 4. The fourth-order valence-electron chi connectivity index (χ4n) is 4.67. The van der Waals surface area contributed by atoms with Crippen LogP contribution in [0.2, 0.25) is 5.15 Å². The number of amides is 1. The van der Waals surface area contributed by atoms with Crippen molar-refractivity contribution in [1.82, 2.24) is 25.1 Å². The van der Waals surface area contributed by atoms with Gasteiger partial charge >= 0.3 is 0 Å². The van der Waals surface area contributed by atoms with Crippen molar-refractivity contribution in [2.75, 3.05) is 50.3 Å². The summed E-state index contributed by atoms with van der Waals surface area (Å²) in [4.78, 5) is 26.1. The van der Waals surface area contributed by atoms with Crippen LogP contribution in [0, 0.1) is 3.57 Å². The maximum atomic E-state index is 12.7.